The van der Waals surface area contributed by atoms with Gasteiger partial charge in [0.2, 0.25) is 0 Å². The van der Waals surface area contributed by atoms with Crippen molar-refractivity contribution in [1.82, 2.24) is 14.7 Å². The van der Waals surface area contributed by atoms with Crippen LogP contribution in [0.2, 0.25) is 0 Å². The van der Waals surface area contributed by atoms with Gasteiger partial charge in [0.25, 0.3) is 0 Å². The minimum Gasteiger partial charge on any atom is -0.444 e. The third-order valence-corrected chi connectivity index (χ3v) is 6.72. The molecule has 2 saturated carbocycles. The van der Waals surface area contributed by atoms with Crippen molar-refractivity contribution in [2.75, 3.05) is 13.1 Å². The molecule has 1 aromatic carbocycles. The van der Waals surface area contributed by atoms with Crippen molar-refractivity contribution in [2.24, 2.45) is 5.41 Å². The summed E-state index contributed by atoms with van der Waals surface area (Å²) in [5.41, 5.74) is 0.627. The number of hydrogen-bond donors (Lipinski definition) is 0. The first-order valence-corrected chi connectivity index (χ1v) is 11.2. The lowest BCUT2D eigenvalue weighted by Gasteiger charge is -2.58. The molecular weight excluding hydrogens is 419 g/mol. The maximum Gasteiger partial charge on any atom is 0.417 e. The highest BCUT2D eigenvalue weighted by Crippen LogP contribution is 2.56. The number of alkyl halides is 3. The first-order valence-electron chi connectivity index (χ1n) is 11.2. The zero-order valence-electron chi connectivity index (χ0n) is 18.6. The standard InChI is InChI=1S/C24H28F3N3O2/c1-22(2,3)32-21(31)29-13-23(14-29)10-16(11-23)30-20(18(12-28-30)15-8-9-15)17-6-4-5-7-19(17)24(25,26)27/h4-7,12,15-16H,8-11,13-14H2,1-3H3. The Bertz CT molecular complexity index is 1040. The molecule has 0 bridgehead atoms. The summed E-state index contributed by atoms with van der Waals surface area (Å²) in [5.74, 6) is 0.292. The average molecular weight is 448 g/mol. The highest BCUT2D eigenvalue weighted by molar-refractivity contribution is 5.70. The Kier molecular flexibility index (Phi) is 4.66. The highest BCUT2D eigenvalue weighted by Gasteiger charge is 2.56. The van der Waals surface area contributed by atoms with Crippen LogP contribution in [0.25, 0.3) is 11.3 Å². The summed E-state index contributed by atoms with van der Waals surface area (Å²) in [7, 11) is 0. The molecule has 2 heterocycles. The molecule has 1 spiro atoms. The van der Waals surface area contributed by atoms with Gasteiger partial charge in [-0.1, -0.05) is 18.2 Å². The Labute approximate surface area is 185 Å². The Morgan fingerprint density at radius 1 is 1.12 bits per heavy atom. The zero-order chi connectivity index (χ0) is 22.9. The van der Waals surface area contributed by atoms with Gasteiger partial charge in [-0.3, -0.25) is 4.68 Å². The fourth-order valence-electron chi connectivity index (χ4n) is 5.15. The van der Waals surface area contributed by atoms with Gasteiger partial charge in [0.15, 0.2) is 0 Å². The smallest absolute Gasteiger partial charge is 0.417 e. The van der Waals surface area contributed by atoms with E-state index in [-0.39, 0.29) is 23.1 Å². The van der Waals surface area contributed by atoms with Crippen LogP contribution in [-0.4, -0.2) is 39.5 Å². The molecule has 5 rings (SSSR count). The second kappa shape index (κ2) is 6.99. The second-order valence-corrected chi connectivity index (χ2v) is 10.6. The number of rotatable bonds is 3. The maximum atomic E-state index is 13.8. The quantitative estimate of drug-likeness (QED) is 0.578. The second-order valence-electron chi connectivity index (χ2n) is 10.6. The molecule has 0 radical (unpaired) electrons. The SMILES string of the molecule is CC(C)(C)OC(=O)N1CC2(CC(n3ncc(C4CC4)c3-c3ccccc3C(F)(F)F)C2)C1. The van der Waals surface area contributed by atoms with Crippen molar-refractivity contribution in [1.29, 1.82) is 0 Å². The van der Waals surface area contributed by atoms with E-state index < -0.39 is 17.3 Å². The molecule has 1 aromatic heterocycles. The number of halogens is 3. The first-order chi connectivity index (χ1) is 15.0. The minimum absolute atomic E-state index is 0.0219. The van der Waals surface area contributed by atoms with Crippen molar-refractivity contribution in [2.45, 2.75) is 70.2 Å². The lowest BCUT2D eigenvalue weighted by molar-refractivity contribution is -0.137. The van der Waals surface area contributed by atoms with Crippen molar-refractivity contribution < 1.29 is 22.7 Å². The Morgan fingerprint density at radius 3 is 2.38 bits per heavy atom. The highest BCUT2D eigenvalue weighted by atomic mass is 19.4. The Balaban J connectivity index is 1.36. The number of carbonyl (C=O) groups excluding carboxylic acids is 1. The summed E-state index contributed by atoms with van der Waals surface area (Å²) >= 11 is 0. The molecule has 32 heavy (non-hydrogen) atoms. The van der Waals surface area contributed by atoms with Gasteiger partial charge in [-0.25, -0.2) is 4.79 Å². The fourth-order valence-corrected chi connectivity index (χ4v) is 5.15. The summed E-state index contributed by atoms with van der Waals surface area (Å²) in [6.45, 7) is 6.78. The predicted molar refractivity (Wildman–Crippen MR) is 113 cm³/mol. The summed E-state index contributed by atoms with van der Waals surface area (Å²) in [4.78, 5) is 14.0. The normalized spacial score (nSPS) is 20.8. The van der Waals surface area contributed by atoms with Gasteiger partial charge in [-0.2, -0.15) is 18.3 Å². The number of hydrogen-bond acceptors (Lipinski definition) is 3. The van der Waals surface area contributed by atoms with E-state index in [1.165, 1.54) is 6.07 Å². The van der Waals surface area contributed by atoms with Crippen LogP contribution in [0.15, 0.2) is 30.5 Å². The van der Waals surface area contributed by atoms with E-state index in [1.807, 2.05) is 25.5 Å². The van der Waals surface area contributed by atoms with Crippen molar-refractivity contribution >= 4 is 6.09 Å². The Hall–Kier alpha value is -2.51. The van der Waals surface area contributed by atoms with E-state index in [0.29, 0.717) is 24.7 Å². The van der Waals surface area contributed by atoms with Crippen LogP contribution in [0.5, 0.6) is 0 Å². The molecule has 0 atom stereocenters. The lowest BCUT2D eigenvalue weighted by Crippen LogP contribution is -2.64. The van der Waals surface area contributed by atoms with Crippen LogP contribution in [0.1, 0.15) is 69.5 Å². The summed E-state index contributed by atoms with van der Waals surface area (Å²) < 4.78 is 48.5. The number of amides is 1. The topological polar surface area (TPSA) is 47.4 Å². The molecule has 0 unspecified atom stereocenters. The number of benzene rings is 1. The van der Waals surface area contributed by atoms with Gasteiger partial charge in [0.05, 0.1) is 23.5 Å². The molecule has 5 nitrogen and oxygen atoms in total. The van der Waals surface area contributed by atoms with Gasteiger partial charge >= 0.3 is 12.3 Å². The molecule has 3 fully saturated rings. The van der Waals surface area contributed by atoms with Crippen molar-refractivity contribution in [3.63, 3.8) is 0 Å². The van der Waals surface area contributed by atoms with Crippen LogP contribution in [-0.2, 0) is 10.9 Å². The zero-order valence-corrected chi connectivity index (χ0v) is 18.6. The third-order valence-electron chi connectivity index (χ3n) is 6.72. The minimum atomic E-state index is -4.42. The molecule has 0 N–H and O–H groups in total. The monoisotopic (exact) mass is 447 g/mol. The van der Waals surface area contributed by atoms with Crippen LogP contribution in [0.3, 0.4) is 0 Å². The maximum absolute atomic E-state index is 13.8. The molecule has 1 saturated heterocycles. The van der Waals surface area contributed by atoms with E-state index in [4.69, 9.17) is 4.74 Å². The van der Waals surface area contributed by atoms with Crippen LogP contribution in [0.4, 0.5) is 18.0 Å². The van der Waals surface area contributed by atoms with Gasteiger partial charge in [-0.15, -0.1) is 0 Å². The molecule has 172 valence electrons. The van der Waals surface area contributed by atoms with E-state index in [1.54, 1.807) is 23.2 Å². The molecule has 8 heteroatoms. The van der Waals surface area contributed by atoms with E-state index >= 15 is 0 Å². The number of ether oxygens (including phenoxy) is 1. The summed E-state index contributed by atoms with van der Waals surface area (Å²) in [5, 5.41) is 4.57. The van der Waals surface area contributed by atoms with E-state index in [2.05, 4.69) is 5.10 Å². The third kappa shape index (κ3) is 3.77. The predicted octanol–water partition coefficient (Wildman–Crippen LogP) is 6.02. The molecular formula is C24H28F3N3O2. The van der Waals surface area contributed by atoms with Gasteiger partial charge in [0.1, 0.15) is 5.60 Å². The first kappa shape index (κ1) is 21.3. The Morgan fingerprint density at radius 2 is 1.78 bits per heavy atom. The van der Waals surface area contributed by atoms with Crippen molar-refractivity contribution in [3.05, 3.63) is 41.6 Å². The number of aromatic nitrogens is 2. The van der Waals surface area contributed by atoms with Crippen LogP contribution < -0.4 is 0 Å². The van der Waals surface area contributed by atoms with Gasteiger partial charge in [0, 0.05) is 29.6 Å². The molecule has 2 aromatic rings. The number of nitrogens with zero attached hydrogens (tertiary/aromatic N) is 3. The number of carbonyl (C=O) groups is 1. The molecule has 1 amide bonds. The average Bonchev–Trinajstić information content (AvgIpc) is 3.37. The lowest BCUT2D eigenvalue weighted by atomic mass is 9.60. The van der Waals surface area contributed by atoms with Crippen molar-refractivity contribution in [3.8, 4) is 11.3 Å². The van der Waals surface area contributed by atoms with Crippen LogP contribution in [0, 0.1) is 5.41 Å². The fraction of sp³-hybridized carbons (Fsp3) is 0.583. The summed E-state index contributed by atoms with van der Waals surface area (Å²) in [6.07, 6.45) is 0.632. The van der Waals surface area contributed by atoms with E-state index in [0.717, 1.165) is 37.3 Å². The van der Waals surface area contributed by atoms with Gasteiger partial charge < -0.3 is 9.64 Å². The molecule has 2 aliphatic carbocycles. The summed E-state index contributed by atoms with van der Waals surface area (Å²) in [6, 6.07) is 5.84. The van der Waals surface area contributed by atoms with Gasteiger partial charge in [-0.05, 0) is 58.4 Å². The molecule has 3 aliphatic rings. The molecule has 1 aliphatic heterocycles. The van der Waals surface area contributed by atoms with E-state index in [9.17, 15) is 18.0 Å². The number of likely N-dealkylation sites (tertiary alicyclic amines) is 1. The largest absolute Gasteiger partial charge is 0.444 e. The van der Waals surface area contributed by atoms with Crippen LogP contribution >= 0.6 is 0 Å².